The summed E-state index contributed by atoms with van der Waals surface area (Å²) in [6, 6.07) is 10.9. The Kier molecular flexibility index (Phi) is 3.99. The molecule has 0 radical (unpaired) electrons. The van der Waals surface area contributed by atoms with Gasteiger partial charge < -0.3 is 9.15 Å². The number of nitrogens with zero attached hydrogens (tertiary/aromatic N) is 4. The van der Waals surface area contributed by atoms with Crippen LogP contribution in [0.25, 0.3) is 17.0 Å². The lowest BCUT2D eigenvalue weighted by atomic mass is 9.85. The minimum Gasteiger partial charge on any atom is -0.468 e. The van der Waals surface area contributed by atoms with Crippen molar-refractivity contribution in [2.24, 2.45) is 0 Å². The van der Waals surface area contributed by atoms with E-state index in [1.54, 1.807) is 42.2 Å². The van der Waals surface area contributed by atoms with Gasteiger partial charge in [0.15, 0.2) is 17.3 Å². The number of allylic oxidation sites excluding steroid dienone is 2. The van der Waals surface area contributed by atoms with Crippen LogP contribution in [-0.2, 0) is 4.79 Å². The average Bonchev–Trinajstić information content (AvgIpc) is 3.37. The molecule has 0 saturated heterocycles. The van der Waals surface area contributed by atoms with Crippen molar-refractivity contribution in [3.05, 3.63) is 76.7 Å². The number of fused-ring (bicyclic) bond motifs is 3. The summed E-state index contributed by atoms with van der Waals surface area (Å²) in [5.41, 5.74) is 2.52. The standard InChI is InChI=1S/C21H15ClN4O3/c1-11(27)16-12(2)29-21-18(17(16)15-4-3-9-28-15)20-24-19(25-26(20)10-23-21)13-5-7-14(22)8-6-13/h3-10,17H,1-2H3/t17-/m0/s1. The van der Waals surface area contributed by atoms with Crippen LogP contribution in [0, 0.1) is 0 Å². The normalized spacial score (nSPS) is 16.0. The van der Waals surface area contributed by atoms with Gasteiger partial charge in [-0.3, -0.25) is 4.79 Å². The van der Waals surface area contributed by atoms with E-state index in [-0.39, 0.29) is 5.78 Å². The first-order chi connectivity index (χ1) is 14.0. The number of benzene rings is 1. The van der Waals surface area contributed by atoms with Crippen LogP contribution in [0.4, 0.5) is 0 Å². The molecule has 1 aliphatic heterocycles. The highest BCUT2D eigenvalue weighted by molar-refractivity contribution is 6.30. The maximum absolute atomic E-state index is 12.5. The van der Waals surface area contributed by atoms with Crippen molar-refractivity contribution < 1.29 is 13.9 Å². The molecule has 0 aliphatic carbocycles. The Bertz CT molecular complexity index is 1270. The van der Waals surface area contributed by atoms with Crippen LogP contribution in [0.3, 0.4) is 0 Å². The van der Waals surface area contributed by atoms with Crippen molar-refractivity contribution in [2.45, 2.75) is 19.8 Å². The topological polar surface area (TPSA) is 82.5 Å². The number of aromatic nitrogens is 4. The lowest BCUT2D eigenvalue weighted by Crippen LogP contribution is -2.21. The van der Waals surface area contributed by atoms with Crippen LogP contribution in [0.15, 0.2) is 64.7 Å². The molecule has 0 fully saturated rings. The van der Waals surface area contributed by atoms with Gasteiger partial charge in [-0.15, -0.1) is 5.10 Å². The predicted molar refractivity (Wildman–Crippen MR) is 106 cm³/mol. The number of ketones is 1. The molecule has 8 heteroatoms. The number of ether oxygens (including phenoxy) is 1. The van der Waals surface area contributed by atoms with Crippen LogP contribution in [0.5, 0.6) is 5.88 Å². The summed E-state index contributed by atoms with van der Waals surface area (Å²) >= 11 is 5.99. The third-order valence-electron chi connectivity index (χ3n) is 4.90. The third-order valence-corrected chi connectivity index (χ3v) is 5.15. The number of furan rings is 1. The van der Waals surface area contributed by atoms with Crippen molar-refractivity contribution in [1.82, 2.24) is 19.6 Å². The molecule has 1 aromatic carbocycles. The van der Waals surface area contributed by atoms with E-state index in [0.29, 0.717) is 45.0 Å². The summed E-state index contributed by atoms with van der Waals surface area (Å²) in [6.45, 7) is 3.27. The Morgan fingerprint density at radius 3 is 2.69 bits per heavy atom. The first-order valence-electron chi connectivity index (χ1n) is 8.97. The molecule has 0 spiro atoms. The summed E-state index contributed by atoms with van der Waals surface area (Å²) in [4.78, 5) is 21.6. The highest BCUT2D eigenvalue weighted by Crippen LogP contribution is 2.44. The highest BCUT2D eigenvalue weighted by Gasteiger charge is 2.37. The fourth-order valence-electron chi connectivity index (χ4n) is 3.65. The second kappa shape index (κ2) is 6.56. The fraction of sp³-hybridized carbons (Fsp3) is 0.143. The molecule has 144 valence electrons. The zero-order valence-corrected chi connectivity index (χ0v) is 16.3. The molecule has 3 aromatic heterocycles. The number of hydrogen-bond acceptors (Lipinski definition) is 6. The van der Waals surface area contributed by atoms with Gasteiger partial charge in [-0.2, -0.15) is 0 Å². The Labute approximate surface area is 170 Å². The zero-order valence-electron chi connectivity index (χ0n) is 15.6. The summed E-state index contributed by atoms with van der Waals surface area (Å²) in [5, 5.41) is 5.17. The second-order valence-electron chi connectivity index (χ2n) is 6.75. The molecule has 1 atom stereocenters. The van der Waals surface area contributed by atoms with E-state index in [0.717, 1.165) is 5.56 Å². The Balaban J connectivity index is 1.76. The Morgan fingerprint density at radius 2 is 2.00 bits per heavy atom. The lowest BCUT2D eigenvalue weighted by Gasteiger charge is -2.26. The third kappa shape index (κ3) is 2.82. The predicted octanol–water partition coefficient (Wildman–Crippen LogP) is 4.43. The number of halogens is 1. The molecule has 0 bridgehead atoms. The van der Waals surface area contributed by atoms with Crippen molar-refractivity contribution in [3.8, 4) is 17.3 Å². The van der Waals surface area contributed by atoms with Gasteiger partial charge in [0.1, 0.15) is 17.8 Å². The molecular weight excluding hydrogens is 392 g/mol. The van der Waals surface area contributed by atoms with Crippen LogP contribution in [0.2, 0.25) is 5.02 Å². The molecule has 5 rings (SSSR count). The van der Waals surface area contributed by atoms with Crippen molar-refractivity contribution in [1.29, 1.82) is 0 Å². The minimum atomic E-state index is -0.482. The monoisotopic (exact) mass is 406 g/mol. The molecule has 0 unspecified atom stereocenters. The molecule has 4 heterocycles. The Hall–Kier alpha value is -3.45. The summed E-state index contributed by atoms with van der Waals surface area (Å²) in [5.74, 6) is 1.44. The van der Waals surface area contributed by atoms with Crippen LogP contribution < -0.4 is 4.74 Å². The summed E-state index contributed by atoms with van der Waals surface area (Å²) < 4.78 is 13.1. The first-order valence-corrected chi connectivity index (χ1v) is 9.35. The Morgan fingerprint density at radius 1 is 1.21 bits per heavy atom. The lowest BCUT2D eigenvalue weighted by molar-refractivity contribution is -0.114. The van der Waals surface area contributed by atoms with Gasteiger partial charge in [0.05, 0.1) is 17.7 Å². The molecular formula is C21H15ClN4O3. The van der Waals surface area contributed by atoms with E-state index >= 15 is 0 Å². The van der Waals surface area contributed by atoms with Crippen molar-refractivity contribution in [3.63, 3.8) is 0 Å². The number of hydrogen-bond donors (Lipinski definition) is 0. The quantitative estimate of drug-likeness (QED) is 0.500. The van der Waals surface area contributed by atoms with Crippen LogP contribution in [-0.4, -0.2) is 25.4 Å². The second-order valence-corrected chi connectivity index (χ2v) is 7.19. The van der Waals surface area contributed by atoms with Crippen molar-refractivity contribution >= 4 is 23.0 Å². The largest absolute Gasteiger partial charge is 0.468 e. The maximum Gasteiger partial charge on any atom is 0.228 e. The van der Waals surface area contributed by atoms with E-state index in [2.05, 4.69) is 10.1 Å². The average molecular weight is 407 g/mol. The van der Waals surface area contributed by atoms with Gasteiger partial charge in [0.2, 0.25) is 5.88 Å². The molecule has 0 N–H and O–H groups in total. The molecule has 1 aliphatic rings. The van der Waals surface area contributed by atoms with Gasteiger partial charge in [0, 0.05) is 16.2 Å². The van der Waals surface area contributed by atoms with E-state index in [9.17, 15) is 4.79 Å². The van der Waals surface area contributed by atoms with Crippen LogP contribution in [0.1, 0.15) is 31.1 Å². The van der Waals surface area contributed by atoms with E-state index in [4.69, 9.17) is 25.7 Å². The van der Waals surface area contributed by atoms with Crippen LogP contribution >= 0.6 is 11.6 Å². The molecule has 4 aromatic rings. The van der Waals surface area contributed by atoms with Gasteiger partial charge in [-0.25, -0.2) is 14.5 Å². The highest BCUT2D eigenvalue weighted by atomic mass is 35.5. The van der Waals surface area contributed by atoms with Gasteiger partial charge in [0.25, 0.3) is 0 Å². The SMILES string of the molecule is CC(=O)C1=C(C)Oc2ncn3nc(-c4ccc(Cl)cc4)nc3c2[C@H]1c1ccco1. The summed E-state index contributed by atoms with van der Waals surface area (Å²) in [6.07, 6.45) is 3.12. The molecule has 7 nitrogen and oxygen atoms in total. The summed E-state index contributed by atoms with van der Waals surface area (Å²) in [7, 11) is 0. The fourth-order valence-corrected chi connectivity index (χ4v) is 3.78. The van der Waals surface area contributed by atoms with Gasteiger partial charge in [-0.1, -0.05) is 11.6 Å². The molecule has 29 heavy (non-hydrogen) atoms. The first kappa shape index (κ1) is 17.6. The number of rotatable bonds is 3. The number of Topliss-reactive ketones (excluding diaryl/α,β-unsaturated/α-hetero) is 1. The zero-order chi connectivity index (χ0) is 20.1. The molecule has 0 saturated carbocycles. The van der Waals surface area contributed by atoms with Gasteiger partial charge >= 0.3 is 0 Å². The van der Waals surface area contributed by atoms with E-state index < -0.39 is 5.92 Å². The number of carbonyl (C=O) groups excluding carboxylic acids is 1. The van der Waals surface area contributed by atoms with E-state index in [1.807, 2.05) is 18.2 Å². The van der Waals surface area contributed by atoms with E-state index in [1.165, 1.54) is 6.92 Å². The maximum atomic E-state index is 12.5. The molecule has 0 amide bonds. The van der Waals surface area contributed by atoms with Gasteiger partial charge in [-0.05, 0) is 50.2 Å². The number of carbonyl (C=O) groups is 1. The van der Waals surface area contributed by atoms with Crippen molar-refractivity contribution in [2.75, 3.05) is 0 Å². The minimum absolute atomic E-state index is 0.103. The smallest absolute Gasteiger partial charge is 0.228 e.